The summed E-state index contributed by atoms with van der Waals surface area (Å²) in [5.74, 6) is 0.0959. The molecule has 0 spiro atoms. The van der Waals surface area contributed by atoms with Gasteiger partial charge in [-0.25, -0.2) is 0 Å². The maximum atomic E-state index is 12.8. The minimum Gasteiger partial charge on any atom is -0.464 e. The van der Waals surface area contributed by atoms with Crippen molar-refractivity contribution in [2.75, 3.05) is 32.8 Å². The second-order valence-electron chi connectivity index (χ2n) is 8.66. The van der Waals surface area contributed by atoms with Crippen molar-refractivity contribution in [2.24, 2.45) is 0 Å². The van der Waals surface area contributed by atoms with Crippen molar-refractivity contribution in [3.05, 3.63) is 35.1 Å². The summed E-state index contributed by atoms with van der Waals surface area (Å²) in [6, 6.07) is 4.18. The van der Waals surface area contributed by atoms with E-state index in [4.69, 9.17) is 9.15 Å². The van der Waals surface area contributed by atoms with Gasteiger partial charge in [-0.05, 0) is 37.8 Å². The number of hydrogen-bond donors (Lipinski definition) is 2. The highest BCUT2D eigenvalue weighted by molar-refractivity contribution is 5.89. The van der Waals surface area contributed by atoms with Gasteiger partial charge in [0.1, 0.15) is 24.2 Å². The molecular weight excluding hydrogens is 352 g/mol. The Hall–Kier alpha value is -1.85. The summed E-state index contributed by atoms with van der Waals surface area (Å²) < 4.78 is 11.3. The summed E-state index contributed by atoms with van der Waals surface area (Å²) >= 11 is 0. The zero-order valence-corrected chi connectivity index (χ0v) is 17.2. The maximum Gasteiger partial charge on any atom is 0.224 e. The number of nitrogens with one attached hydrogen (secondary N) is 2. The number of aryl methyl sites for hydroxylation is 2. The third-order valence-corrected chi connectivity index (χ3v) is 6.97. The summed E-state index contributed by atoms with van der Waals surface area (Å²) in [6.45, 7) is 8.72. The van der Waals surface area contributed by atoms with Gasteiger partial charge in [-0.1, -0.05) is 18.6 Å². The monoisotopic (exact) mass is 385 g/mol. The first kappa shape index (κ1) is 19.5. The molecule has 1 aromatic carbocycles. The molecule has 0 bridgehead atoms. The third kappa shape index (κ3) is 3.83. The molecule has 0 atom stereocenters. The second kappa shape index (κ2) is 8.26. The number of amides is 1. The number of hydrogen-bond acceptors (Lipinski definition) is 3. The van der Waals surface area contributed by atoms with E-state index >= 15 is 0 Å². The summed E-state index contributed by atoms with van der Waals surface area (Å²) in [7, 11) is 0. The Morgan fingerprint density at radius 2 is 1.89 bits per heavy atom. The second-order valence-corrected chi connectivity index (χ2v) is 8.66. The number of rotatable bonds is 5. The summed E-state index contributed by atoms with van der Waals surface area (Å²) in [5, 5.41) is 4.34. The van der Waals surface area contributed by atoms with Crippen molar-refractivity contribution in [2.45, 2.75) is 57.9 Å². The molecule has 28 heavy (non-hydrogen) atoms. The number of fused-ring (bicyclic) bond motifs is 1. The van der Waals surface area contributed by atoms with Gasteiger partial charge in [0.05, 0.1) is 32.4 Å². The fourth-order valence-corrected chi connectivity index (χ4v) is 5.06. The van der Waals surface area contributed by atoms with Crippen molar-refractivity contribution in [1.82, 2.24) is 5.32 Å². The van der Waals surface area contributed by atoms with E-state index in [9.17, 15) is 4.79 Å². The molecular formula is C23H33N2O3+. The summed E-state index contributed by atoms with van der Waals surface area (Å²) in [5.41, 5.74) is 4.44. The Bertz CT molecular complexity index is 830. The smallest absolute Gasteiger partial charge is 0.224 e. The van der Waals surface area contributed by atoms with Gasteiger partial charge >= 0.3 is 0 Å². The summed E-state index contributed by atoms with van der Waals surface area (Å²) in [4.78, 5) is 14.4. The number of morpholine rings is 1. The van der Waals surface area contributed by atoms with Crippen LogP contribution in [-0.4, -0.2) is 44.3 Å². The minimum absolute atomic E-state index is 0.0959. The fourth-order valence-electron chi connectivity index (χ4n) is 5.06. The number of furan rings is 1. The maximum absolute atomic E-state index is 12.8. The van der Waals surface area contributed by atoms with Crippen molar-refractivity contribution in [3.8, 4) is 0 Å². The Kier molecular flexibility index (Phi) is 5.74. The van der Waals surface area contributed by atoms with Crippen LogP contribution in [0.5, 0.6) is 0 Å². The molecule has 1 saturated carbocycles. The van der Waals surface area contributed by atoms with Crippen molar-refractivity contribution in [3.63, 3.8) is 0 Å². The molecule has 2 heterocycles. The molecule has 1 aliphatic carbocycles. The van der Waals surface area contributed by atoms with Gasteiger partial charge in [0.15, 0.2) is 0 Å². The predicted octanol–water partition coefficient (Wildman–Crippen LogP) is 2.33. The number of carbonyl (C=O) groups is 1. The molecule has 2 aromatic rings. The van der Waals surface area contributed by atoms with Gasteiger partial charge in [-0.3, -0.25) is 4.79 Å². The van der Waals surface area contributed by atoms with Crippen LogP contribution in [0.25, 0.3) is 11.0 Å². The molecule has 1 saturated heterocycles. The van der Waals surface area contributed by atoms with E-state index in [0.29, 0.717) is 6.42 Å². The highest BCUT2D eigenvalue weighted by Gasteiger charge is 2.42. The van der Waals surface area contributed by atoms with E-state index < -0.39 is 0 Å². The number of benzene rings is 1. The Labute approximate surface area is 167 Å². The Balaban J connectivity index is 1.43. The van der Waals surface area contributed by atoms with E-state index in [-0.39, 0.29) is 11.4 Å². The lowest BCUT2D eigenvalue weighted by Crippen LogP contribution is -3.23. The van der Waals surface area contributed by atoms with Crippen LogP contribution in [-0.2, 0) is 16.0 Å². The first-order valence-electron chi connectivity index (χ1n) is 10.7. The first-order valence-corrected chi connectivity index (χ1v) is 10.7. The van der Waals surface area contributed by atoms with Gasteiger partial charge in [0.25, 0.3) is 0 Å². The van der Waals surface area contributed by atoms with Crippen LogP contribution in [0.15, 0.2) is 22.8 Å². The highest BCUT2D eigenvalue weighted by atomic mass is 16.5. The lowest BCUT2D eigenvalue weighted by atomic mass is 9.79. The van der Waals surface area contributed by atoms with Gasteiger partial charge in [-0.2, -0.15) is 0 Å². The number of carbonyl (C=O) groups excluding carboxylic acids is 1. The molecule has 1 amide bonds. The molecule has 5 nitrogen and oxygen atoms in total. The van der Waals surface area contributed by atoms with Crippen LogP contribution in [0.1, 0.15) is 48.8 Å². The molecule has 0 radical (unpaired) electrons. The number of quaternary nitrogens is 1. The lowest BCUT2D eigenvalue weighted by Gasteiger charge is -2.45. The molecule has 0 unspecified atom stereocenters. The van der Waals surface area contributed by atoms with E-state index in [0.717, 1.165) is 54.9 Å². The molecule has 2 aliphatic rings. The molecule has 5 heteroatoms. The quantitative estimate of drug-likeness (QED) is 0.831. The van der Waals surface area contributed by atoms with Crippen LogP contribution >= 0.6 is 0 Å². The average Bonchev–Trinajstić information content (AvgIpc) is 3.14. The van der Waals surface area contributed by atoms with Gasteiger partial charge in [0, 0.05) is 23.8 Å². The van der Waals surface area contributed by atoms with Crippen molar-refractivity contribution < 1.29 is 18.8 Å². The topological polar surface area (TPSA) is 55.9 Å². The van der Waals surface area contributed by atoms with Crippen molar-refractivity contribution in [1.29, 1.82) is 0 Å². The van der Waals surface area contributed by atoms with Gasteiger partial charge < -0.3 is 19.4 Å². The van der Waals surface area contributed by atoms with Crippen LogP contribution in [0.4, 0.5) is 0 Å². The predicted molar refractivity (Wildman–Crippen MR) is 110 cm³/mol. The number of ether oxygens (including phenoxy) is 1. The highest BCUT2D eigenvalue weighted by Crippen LogP contribution is 2.27. The van der Waals surface area contributed by atoms with Crippen LogP contribution < -0.4 is 10.2 Å². The van der Waals surface area contributed by atoms with E-state index in [2.05, 4.69) is 31.3 Å². The van der Waals surface area contributed by atoms with Gasteiger partial charge in [-0.15, -0.1) is 0 Å². The molecule has 1 aliphatic heterocycles. The Morgan fingerprint density at radius 1 is 1.14 bits per heavy atom. The van der Waals surface area contributed by atoms with E-state index in [1.165, 1.54) is 37.7 Å². The van der Waals surface area contributed by atoms with Crippen LogP contribution in [0, 0.1) is 13.8 Å². The Morgan fingerprint density at radius 3 is 2.64 bits per heavy atom. The molecule has 152 valence electrons. The normalized spacial score (nSPS) is 20.4. The molecule has 2 N–H and O–H groups in total. The van der Waals surface area contributed by atoms with Gasteiger partial charge in [0.2, 0.25) is 5.91 Å². The average molecular weight is 386 g/mol. The van der Waals surface area contributed by atoms with E-state index in [1.807, 2.05) is 0 Å². The summed E-state index contributed by atoms with van der Waals surface area (Å²) in [6.07, 6.45) is 8.39. The molecule has 1 aromatic heterocycles. The van der Waals surface area contributed by atoms with E-state index in [1.54, 1.807) is 11.2 Å². The van der Waals surface area contributed by atoms with Crippen LogP contribution in [0.2, 0.25) is 0 Å². The zero-order valence-electron chi connectivity index (χ0n) is 17.2. The zero-order chi connectivity index (χ0) is 19.6. The first-order chi connectivity index (χ1) is 13.6. The fraction of sp³-hybridized carbons (Fsp3) is 0.609. The SMILES string of the molecule is Cc1ccc2c(CC(=O)NCC3([NH+]4CCOCC4)CCCCC3)coc2c1C. The largest absolute Gasteiger partial charge is 0.464 e. The standard InChI is InChI=1S/C23H32N2O3/c1-17-6-7-20-19(15-28-22(20)18(17)2)14-21(26)24-16-23(8-4-3-5-9-23)25-10-12-27-13-11-25/h6-7,15H,3-5,8-14,16H2,1-2H3,(H,24,26)/p+1. The third-order valence-electron chi connectivity index (χ3n) is 6.97. The molecule has 2 fully saturated rings. The molecule has 4 rings (SSSR count). The lowest BCUT2D eigenvalue weighted by molar-refractivity contribution is -0.960. The van der Waals surface area contributed by atoms with Crippen LogP contribution in [0.3, 0.4) is 0 Å². The van der Waals surface area contributed by atoms with Crippen molar-refractivity contribution >= 4 is 16.9 Å². The minimum atomic E-state index is 0.0959.